The molecule has 3 saturated heterocycles. The predicted octanol–water partition coefficient (Wildman–Crippen LogP) is 2.00. The van der Waals surface area contributed by atoms with E-state index < -0.39 is 0 Å². The van der Waals surface area contributed by atoms with Gasteiger partial charge in [0.05, 0.1) is 23.9 Å². The van der Waals surface area contributed by atoms with Gasteiger partial charge in [0.25, 0.3) is 0 Å². The summed E-state index contributed by atoms with van der Waals surface area (Å²) in [4.78, 5) is 26.0. The minimum Gasteiger partial charge on any atom is -0.449 e. The molecule has 2 aromatic heterocycles. The molecule has 0 spiro atoms. The lowest BCUT2D eigenvalue weighted by Gasteiger charge is -2.35. The van der Waals surface area contributed by atoms with E-state index in [2.05, 4.69) is 14.9 Å². The van der Waals surface area contributed by atoms with E-state index in [1.165, 1.54) is 0 Å². The molecule has 6 heteroatoms. The van der Waals surface area contributed by atoms with Crippen LogP contribution >= 0.6 is 0 Å². The molecule has 0 N–H and O–H groups in total. The number of piperidine rings is 1. The number of oxazole rings is 1. The van der Waals surface area contributed by atoms with Gasteiger partial charge in [0.2, 0.25) is 5.91 Å². The Morgan fingerprint density at radius 3 is 2.88 bits per heavy atom. The number of fused-ring (bicyclic) bond motifs is 4. The maximum absolute atomic E-state index is 12.9. The molecule has 0 radical (unpaired) electrons. The van der Waals surface area contributed by atoms with Gasteiger partial charge in [-0.2, -0.15) is 0 Å². The minimum absolute atomic E-state index is 0.0838. The molecule has 6 nitrogen and oxygen atoms in total. The number of carbonyl (C=O) groups excluding carboxylic acids is 1. The third-order valence-electron chi connectivity index (χ3n) is 4.98. The van der Waals surface area contributed by atoms with Crippen molar-refractivity contribution in [2.45, 2.75) is 38.9 Å². The number of hydrogen-bond acceptors (Lipinski definition) is 5. The van der Waals surface area contributed by atoms with Gasteiger partial charge in [0.15, 0.2) is 5.89 Å². The van der Waals surface area contributed by atoms with Crippen LogP contribution < -0.4 is 0 Å². The second kappa shape index (κ2) is 6.36. The Balaban J connectivity index is 1.50. The first kappa shape index (κ1) is 15.3. The Bertz CT molecular complexity index is 715. The summed E-state index contributed by atoms with van der Waals surface area (Å²) in [7, 11) is 0. The average Bonchev–Trinajstić information content (AvgIpc) is 2.82. The molecular formula is C18H22N4O2. The Morgan fingerprint density at radius 2 is 2.12 bits per heavy atom. The van der Waals surface area contributed by atoms with E-state index in [0.717, 1.165) is 43.9 Å². The van der Waals surface area contributed by atoms with Crippen molar-refractivity contribution in [1.29, 1.82) is 0 Å². The second-order valence-electron chi connectivity index (χ2n) is 6.77. The Hall–Kier alpha value is -2.21. The van der Waals surface area contributed by atoms with Gasteiger partial charge in [-0.25, -0.2) is 4.98 Å². The molecule has 0 aromatic carbocycles. The zero-order valence-corrected chi connectivity index (χ0v) is 13.9. The van der Waals surface area contributed by atoms with Crippen molar-refractivity contribution in [2.75, 3.05) is 13.1 Å². The van der Waals surface area contributed by atoms with E-state index in [4.69, 9.17) is 4.42 Å². The molecular weight excluding hydrogens is 304 g/mol. The number of aryl methyl sites for hydroxylation is 1. The highest BCUT2D eigenvalue weighted by Gasteiger charge is 2.40. The molecule has 3 aliphatic rings. The first-order valence-electron chi connectivity index (χ1n) is 8.53. The standard InChI is InChI=1S/C18H22N4O2/c1-13-20-16(12-24-13)9-21-8-14-5-6-17(11-21)22(18(14)23)10-15-4-2-3-7-19-15/h2-4,7,12,14,17H,5-6,8-11H2,1H3/t14-,17+/m1/s1. The lowest BCUT2D eigenvalue weighted by Crippen LogP contribution is -2.47. The van der Waals surface area contributed by atoms with Crippen molar-refractivity contribution in [3.05, 3.63) is 47.9 Å². The fourth-order valence-electron chi connectivity index (χ4n) is 3.84. The van der Waals surface area contributed by atoms with E-state index in [1.807, 2.05) is 30.0 Å². The van der Waals surface area contributed by atoms with Gasteiger partial charge in [0.1, 0.15) is 6.26 Å². The number of amides is 1. The van der Waals surface area contributed by atoms with Crippen molar-refractivity contribution >= 4 is 5.91 Å². The van der Waals surface area contributed by atoms with Crippen LogP contribution in [0.2, 0.25) is 0 Å². The zero-order valence-electron chi connectivity index (χ0n) is 13.9. The minimum atomic E-state index is 0.0838. The predicted molar refractivity (Wildman–Crippen MR) is 87.8 cm³/mol. The van der Waals surface area contributed by atoms with Crippen LogP contribution in [-0.4, -0.2) is 44.8 Å². The quantitative estimate of drug-likeness (QED) is 0.860. The first-order valence-corrected chi connectivity index (χ1v) is 8.53. The molecule has 3 fully saturated rings. The second-order valence-corrected chi connectivity index (χ2v) is 6.77. The summed E-state index contributed by atoms with van der Waals surface area (Å²) < 4.78 is 5.30. The molecule has 5 heterocycles. The summed E-state index contributed by atoms with van der Waals surface area (Å²) in [6, 6.07) is 6.12. The smallest absolute Gasteiger partial charge is 0.227 e. The van der Waals surface area contributed by atoms with Crippen molar-refractivity contribution in [2.24, 2.45) is 5.92 Å². The Morgan fingerprint density at radius 1 is 1.21 bits per heavy atom. The van der Waals surface area contributed by atoms with Crippen LogP contribution in [0.4, 0.5) is 0 Å². The van der Waals surface area contributed by atoms with Crippen LogP contribution in [0, 0.1) is 12.8 Å². The molecule has 5 rings (SSSR count). The van der Waals surface area contributed by atoms with Gasteiger partial charge in [-0.15, -0.1) is 0 Å². The SMILES string of the molecule is Cc1nc(CN2C[C@H]3CC[C@@H](C2)N(Cc2ccccn2)C3=O)co1. The number of nitrogens with zero attached hydrogens (tertiary/aromatic N) is 4. The maximum atomic E-state index is 12.9. The topological polar surface area (TPSA) is 62.5 Å². The van der Waals surface area contributed by atoms with Crippen molar-refractivity contribution in [3.63, 3.8) is 0 Å². The fourth-order valence-corrected chi connectivity index (χ4v) is 3.84. The highest BCUT2D eigenvalue weighted by Crippen LogP contribution is 2.30. The van der Waals surface area contributed by atoms with Gasteiger partial charge in [0, 0.05) is 38.8 Å². The van der Waals surface area contributed by atoms with Crippen molar-refractivity contribution < 1.29 is 9.21 Å². The number of pyridine rings is 1. The van der Waals surface area contributed by atoms with Crippen molar-refractivity contribution in [1.82, 2.24) is 19.8 Å². The molecule has 2 aromatic rings. The molecule has 2 bridgehead atoms. The molecule has 3 aliphatic heterocycles. The highest BCUT2D eigenvalue weighted by molar-refractivity contribution is 5.80. The van der Waals surface area contributed by atoms with Crippen LogP contribution in [0.25, 0.3) is 0 Å². The van der Waals surface area contributed by atoms with Crippen molar-refractivity contribution in [3.8, 4) is 0 Å². The number of carbonyl (C=O) groups is 1. The zero-order chi connectivity index (χ0) is 16.5. The molecule has 126 valence electrons. The molecule has 24 heavy (non-hydrogen) atoms. The summed E-state index contributed by atoms with van der Waals surface area (Å²) in [5.74, 6) is 1.05. The van der Waals surface area contributed by atoms with Crippen LogP contribution in [0.5, 0.6) is 0 Å². The van der Waals surface area contributed by atoms with Gasteiger partial charge in [-0.3, -0.25) is 14.7 Å². The first-order chi connectivity index (χ1) is 11.7. The Labute approximate surface area is 141 Å². The van der Waals surface area contributed by atoms with Gasteiger partial charge >= 0.3 is 0 Å². The lowest BCUT2D eigenvalue weighted by atomic mass is 9.94. The van der Waals surface area contributed by atoms with E-state index in [-0.39, 0.29) is 17.9 Å². The highest BCUT2D eigenvalue weighted by atomic mass is 16.3. The van der Waals surface area contributed by atoms with E-state index >= 15 is 0 Å². The maximum Gasteiger partial charge on any atom is 0.227 e. The third-order valence-corrected chi connectivity index (χ3v) is 4.98. The van der Waals surface area contributed by atoms with E-state index in [1.54, 1.807) is 12.5 Å². The van der Waals surface area contributed by atoms with E-state index in [0.29, 0.717) is 12.4 Å². The molecule has 0 aliphatic carbocycles. The van der Waals surface area contributed by atoms with E-state index in [9.17, 15) is 4.79 Å². The summed E-state index contributed by atoms with van der Waals surface area (Å²) in [5, 5.41) is 0. The lowest BCUT2D eigenvalue weighted by molar-refractivity contribution is -0.140. The van der Waals surface area contributed by atoms with Gasteiger partial charge in [-0.1, -0.05) is 6.07 Å². The molecule has 2 atom stereocenters. The summed E-state index contributed by atoms with van der Waals surface area (Å²) in [6.45, 7) is 4.90. The number of rotatable bonds is 4. The van der Waals surface area contributed by atoms with Gasteiger partial charge < -0.3 is 9.32 Å². The van der Waals surface area contributed by atoms with Crippen LogP contribution in [-0.2, 0) is 17.9 Å². The largest absolute Gasteiger partial charge is 0.449 e. The molecule has 0 saturated carbocycles. The third kappa shape index (κ3) is 3.06. The van der Waals surface area contributed by atoms with Gasteiger partial charge in [-0.05, 0) is 25.0 Å². The van der Waals surface area contributed by atoms with Crippen LogP contribution in [0.3, 0.4) is 0 Å². The number of aromatic nitrogens is 2. The fraction of sp³-hybridized carbons (Fsp3) is 0.500. The molecule has 0 unspecified atom stereocenters. The van der Waals surface area contributed by atoms with Crippen LogP contribution in [0.1, 0.15) is 30.1 Å². The summed E-state index contributed by atoms with van der Waals surface area (Å²) in [6.07, 6.45) is 5.55. The normalized spacial score (nSPS) is 24.4. The average molecular weight is 326 g/mol. The molecule has 1 amide bonds. The number of hydrogen-bond donors (Lipinski definition) is 0. The summed E-state index contributed by atoms with van der Waals surface area (Å²) >= 11 is 0. The van der Waals surface area contributed by atoms with Crippen LogP contribution in [0.15, 0.2) is 35.1 Å². The Kier molecular flexibility index (Phi) is 4.06. The monoisotopic (exact) mass is 326 g/mol. The summed E-state index contributed by atoms with van der Waals surface area (Å²) in [5.41, 5.74) is 1.90.